The molecule has 3 aromatic heterocycles. The number of rotatable bonds is 6. The van der Waals surface area contributed by atoms with E-state index >= 15 is 0 Å². The second kappa shape index (κ2) is 9.36. The fourth-order valence-electron chi connectivity index (χ4n) is 4.41. The zero-order valence-electron chi connectivity index (χ0n) is 19.0. The van der Waals surface area contributed by atoms with E-state index in [1.54, 1.807) is 6.20 Å². The summed E-state index contributed by atoms with van der Waals surface area (Å²) < 4.78 is 7.31. The van der Waals surface area contributed by atoms with Crippen molar-refractivity contribution in [2.75, 3.05) is 13.7 Å². The minimum absolute atomic E-state index is 0.0808. The van der Waals surface area contributed by atoms with Gasteiger partial charge in [-0.25, -0.2) is 4.98 Å². The zero-order valence-corrected chi connectivity index (χ0v) is 19.8. The first kappa shape index (κ1) is 22.2. The second-order valence-corrected chi connectivity index (χ2v) is 9.14. The number of imidazole rings is 1. The van der Waals surface area contributed by atoms with Crippen molar-refractivity contribution in [1.29, 1.82) is 0 Å². The van der Waals surface area contributed by atoms with Crippen molar-refractivity contribution < 1.29 is 14.3 Å². The first-order valence-corrected chi connectivity index (χ1v) is 12.0. The molecule has 5 rings (SSSR count). The van der Waals surface area contributed by atoms with Gasteiger partial charge in [0.05, 0.1) is 0 Å². The molecule has 34 heavy (non-hydrogen) atoms. The summed E-state index contributed by atoms with van der Waals surface area (Å²) in [5.74, 6) is -0.277. The van der Waals surface area contributed by atoms with Gasteiger partial charge in [0, 0.05) is 56.4 Å². The number of hydrogen-bond donors (Lipinski definition) is 1. The number of methoxy groups -OCH3 is 1. The largest absolute Gasteiger partial charge is 0.367 e. The van der Waals surface area contributed by atoms with E-state index in [1.807, 2.05) is 64.3 Å². The highest BCUT2D eigenvalue weighted by Gasteiger charge is 2.27. The van der Waals surface area contributed by atoms with Crippen LogP contribution in [-0.2, 0) is 29.0 Å². The normalized spacial score (nSPS) is 14.1. The van der Waals surface area contributed by atoms with Crippen LogP contribution in [0.1, 0.15) is 44.5 Å². The number of carbonyl (C=O) groups is 2. The van der Waals surface area contributed by atoms with E-state index in [-0.39, 0.29) is 11.8 Å². The summed E-state index contributed by atoms with van der Waals surface area (Å²) in [6.07, 6.45) is 5.53. The molecule has 1 atom stereocenters. The van der Waals surface area contributed by atoms with Crippen LogP contribution < -0.4 is 5.32 Å². The van der Waals surface area contributed by atoms with Crippen molar-refractivity contribution in [3.63, 3.8) is 0 Å². The molecule has 1 unspecified atom stereocenters. The van der Waals surface area contributed by atoms with E-state index in [0.717, 1.165) is 32.9 Å². The van der Waals surface area contributed by atoms with Crippen molar-refractivity contribution in [2.24, 2.45) is 0 Å². The Morgan fingerprint density at radius 1 is 1.26 bits per heavy atom. The minimum atomic E-state index is -0.674. The van der Waals surface area contributed by atoms with Crippen LogP contribution in [0, 0.1) is 6.92 Å². The average molecular weight is 476 g/mol. The molecule has 9 heteroatoms. The molecule has 4 aromatic rings. The summed E-state index contributed by atoms with van der Waals surface area (Å²) in [7, 11) is 1.53. The molecule has 4 heterocycles. The molecule has 1 N–H and O–H groups in total. The molecular formula is C25H25N5O3S. The number of pyridine rings is 1. The summed E-state index contributed by atoms with van der Waals surface area (Å²) in [5.41, 5.74) is 5.29. The SMILES string of the molecule is COC(C(=O)NCc1c(C)ncc2c1CCN(C(=O)c1cn3ccsc3n1)C2)c1ccccc1. The van der Waals surface area contributed by atoms with Gasteiger partial charge in [0.25, 0.3) is 11.8 Å². The average Bonchev–Trinajstić information content (AvgIpc) is 3.46. The van der Waals surface area contributed by atoms with E-state index in [4.69, 9.17) is 4.74 Å². The Labute approximate surface area is 201 Å². The molecule has 0 saturated heterocycles. The highest BCUT2D eigenvalue weighted by molar-refractivity contribution is 7.15. The molecule has 1 aromatic carbocycles. The van der Waals surface area contributed by atoms with E-state index in [9.17, 15) is 9.59 Å². The van der Waals surface area contributed by atoms with E-state index < -0.39 is 6.10 Å². The number of nitrogens with one attached hydrogen (secondary N) is 1. The third kappa shape index (κ3) is 4.20. The minimum Gasteiger partial charge on any atom is -0.367 e. The van der Waals surface area contributed by atoms with E-state index in [0.29, 0.717) is 31.7 Å². The van der Waals surface area contributed by atoms with Gasteiger partial charge in [-0.05, 0) is 35.6 Å². The molecule has 1 aliphatic heterocycles. The summed E-state index contributed by atoms with van der Waals surface area (Å²) in [5, 5.41) is 4.96. The molecule has 174 valence electrons. The number of thiazole rings is 1. The molecule has 0 saturated carbocycles. The number of fused-ring (bicyclic) bond motifs is 2. The number of aromatic nitrogens is 3. The molecule has 0 spiro atoms. The van der Waals surface area contributed by atoms with Crippen LogP contribution in [0.15, 0.2) is 54.3 Å². The predicted molar refractivity (Wildman–Crippen MR) is 129 cm³/mol. The lowest BCUT2D eigenvalue weighted by molar-refractivity contribution is -0.131. The number of ether oxygens (including phenoxy) is 1. The van der Waals surface area contributed by atoms with Gasteiger partial charge in [-0.2, -0.15) is 0 Å². The van der Waals surface area contributed by atoms with Gasteiger partial charge in [-0.1, -0.05) is 30.3 Å². The molecule has 8 nitrogen and oxygen atoms in total. The topological polar surface area (TPSA) is 88.8 Å². The quantitative estimate of drug-likeness (QED) is 0.462. The number of nitrogens with zero attached hydrogens (tertiary/aromatic N) is 4. The fourth-order valence-corrected chi connectivity index (χ4v) is 5.11. The Bertz CT molecular complexity index is 1320. The van der Waals surface area contributed by atoms with Gasteiger partial charge in [-0.15, -0.1) is 11.3 Å². The van der Waals surface area contributed by atoms with Crippen LogP contribution in [0.5, 0.6) is 0 Å². The number of aryl methyl sites for hydroxylation is 1. The maximum atomic E-state index is 13.1. The maximum absolute atomic E-state index is 13.1. The molecule has 2 amide bonds. The summed E-state index contributed by atoms with van der Waals surface area (Å²) in [6.45, 7) is 3.37. The summed E-state index contributed by atoms with van der Waals surface area (Å²) >= 11 is 1.50. The molecule has 0 aliphatic carbocycles. The van der Waals surface area contributed by atoms with Gasteiger partial charge in [0.2, 0.25) is 0 Å². The summed E-state index contributed by atoms with van der Waals surface area (Å²) in [4.78, 5) is 37.5. The highest BCUT2D eigenvalue weighted by atomic mass is 32.1. The lowest BCUT2D eigenvalue weighted by Gasteiger charge is -2.30. The van der Waals surface area contributed by atoms with Crippen LogP contribution in [-0.4, -0.2) is 44.7 Å². The Balaban J connectivity index is 1.31. The van der Waals surface area contributed by atoms with Gasteiger partial charge in [0.15, 0.2) is 11.1 Å². The van der Waals surface area contributed by atoms with Crippen molar-refractivity contribution in [1.82, 2.24) is 24.6 Å². The van der Waals surface area contributed by atoms with Gasteiger partial charge in [0.1, 0.15) is 5.69 Å². The first-order valence-electron chi connectivity index (χ1n) is 11.1. The number of benzene rings is 1. The maximum Gasteiger partial charge on any atom is 0.274 e. The van der Waals surface area contributed by atoms with Gasteiger partial charge >= 0.3 is 0 Å². The van der Waals surface area contributed by atoms with Gasteiger partial charge < -0.3 is 15.0 Å². The van der Waals surface area contributed by atoms with Crippen molar-refractivity contribution in [2.45, 2.75) is 32.5 Å². The monoisotopic (exact) mass is 475 g/mol. The van der Waals surface area contributed by atoms with Crippen molar-refractivity contribution >= 4 is 28.1 Å². The third-order valence-electron chi connectivity index (χ3n) is 6.21. The van der Waals surface area contributed by atoms with E-state index in [1.165, 1.54) is 18.4 Å². The number of hydrogen-bond acceptors (Lipinski definition) is 6. The van der Waals surface area contributed by atoms with Crippen LogP contribution in [0.3, 0.4) is 0 Å². The zero-order chi connectivity index (χ0) is 23.7. The Morgan fingerprint density at radius 2 is 2.09 bits per heavy atom. The summed E-state index contributed by atoms with van der Waals surface area (Å²) in [6, 6.07) is 9.43. The van der Waals surface area contributed by atoms with Crippen LogP contribution in [0.25, 0.3) is 4.96 Å². The fraction of sp³-hybridized carbons (Fsp3) is 0.280. The van der Waals surface area contributed by atoms with Crippen molar-refractivity contribution in [3.05, 3.63) is 87.9 Å². The standard InChI is InChI=1S/C25H25N5O3S/c1-16-20(13-27-23(31)22(33-2)17-6-4-3-5-7-17)19-8-9-29(14-18(19)12-26-16)24(32)21-15-30-10-11-34-25(30)28-21/h3-7,10-12,15,22H,8-9,13-14H2,1-2H3,(H,27,31). The molecule has 0 radical (unpaired) electrons. The van der Waals surface area contributed by atoms with Crippen LogP contribution in [0.4, 0.5) is 0 Å². The second-order valence-electron chi connectivity index (χ2n) is 8.27. The first-order chi connectivity index (χ1) is 16.5. The number of amides is 2. The highest BCUT2D eigenvalue weighted by Crippen LogP contribution is 2.26. The lowest BCUT2D eigenvalue weighted by Crippen LogP contribution is -2.37. The van der Waals surface area contributed by atoms with Crippen molar-refractivity contribution in [3.8, 4) is 0 Å². The van der Waals surface area contributed by atoms with Crippen LogP contribution >= 0.6 is 11.3 Å². The lowest BCUT2D eigenvalue weighted by atomic mass is 9.94. The third-order valence-corrected chi connectivity index (χ3v) is 6.98. The van der Waals surface area contributed by atoms with E-state index in [2.05, 4.69) is 15.3 Å². The smallest absolute Gasteiger partial charge is 0.274 e. The Morgan fingerprint density at radius 3 is 2.85 bits per heavy atom. The molecular weight excluding hydrogens is 450 g/mol. The molecule has 1 aliphatic rings. The Hall–Kier alpha value is -3.56. The molecule has 0 bridgehead atoms. The number of carbonyl (C=O) groups excluding carboxylic acids is 2. The van der Waals surface area contributed by atoms with Crippen LogP contribution in [0.2, 0.25) is 0 Å². The van der Waals surface area contributed by atoms with Gasteiger partial charge in [-0.3, -0.25) is 19.0 Å². The predicted octanol–water partition coefficient (Wildman–Crippen LogP) is 3.30. The Kier molecular flexibility index (Phi) is 6.12. The molecule has 0 fully saturated rings.